The first-order chi connectivity index (χ1) is 13.4. The quantitative estimate of drug-likeness (QED) is 0.221. The molecule has 0 bridgehead atoms. The van der Waals surface area contributed by atoms with Gasteiger partial charge >= 0.3 is 6.09 Å². The number of hydrogen-bond donors (Lipinski definition) is 3. The Hall–Kier alpha value is -1.49. The van der Waals surface area contributed by atoms with E-state index in [1.165, 1.54) is 19.3 Å². The van der Waals surface area contributed by atoms with Crippen LogP contribution in [0.4, 0.5) is 4.79 Å². The predicted molar refractivity (Wildman–Crippen MR) is 126 cm³/mol. The lowest BCUT2D eigenvalue weighted by atomic mass is 10.1. The van der Waals surface area contributed by atoms with Crippen molar-refractivity contribution >= 4 is 36.0 Å². The van der Waals surface area contributed by atoms with Crippen molar-refractivity contribution in [3.8, 4) is 0 Å². The highest BCUT2D eigenvalue weighted by molar-refractivity contribution is 14.0. The zero-order chi connectivity index (χ0) is 20.4. The molecule has 1 aromatic heterocycles. The number of rotatable bonds is 7. The van der Waals surface area contributed by atoms with Gasteiger partial charge < -0.3 is 25.1 Å². The molecule has 3 N–H and O–H groups in total. The number of carbonyl (C=O) groups excluding carboxylic acids is 1. The summed E-state index contributed by atoms with van der Waals surface area (Å²) in [7, 11) is 1.74. The number of nitrogens with one attached hydrogen (secondary N) is 3. The van der Waals surface area contributed by atoms with Crippen molar-refractivity contribution in [1.82, 2.24) is 20.9 Å². The maximum Gasteiger partial charge on any atom is 0.407 e. The Morgan fingerprint density at radius 3 is 2.48 bits per heavy atom. The van der Waals surface area contributed by atoms with Crippen molar-refractivity contribution in [3.05, 3.63) is 24.2 Å². The van der Waals surface area contributed by atoms with E-state index in [-0.39, 0.29) is 30.0 Å². The minimum absolute atomic E-state index is 0. The van der Waals surface area contributed by atoms with E-state index >= 15 is 0 Å². The number of ether oxygens (including phenoxy) is 1. The molecule has 1 saturated heterocycles. The number of nitrogens with zero attached hydrogens (tertiary/aromatic N) is 2. The molecule has 8 nitrogen and oxygen atoms in total. The molecule has 1 fully saturated rings. The summed E-state index contributed by atoms with van der Waals surface area (Å²) in [4.78, 5) is 18.4. The normalized spacial score (nSPS) is 16.5. The first-order valence-corrected chi connectivity index (χ1v) is 10.1. The van der Waals surface area contributed by atoms with E-state index in [1.807, 2.05) is 32.9 Å². The lowest BCUT2D eigenvalue weighted by Gasteiger charge is -2.33. The zero-order valence-corrected chi connectivity index (χ0v) is 20.3. The summed E-state index contributed by atoms with van der Waals surface area (Å²) in [6.07, 6.45) is 5.05. The Morgan fingerprint density at radius 1 is 1.21 bits per heavy atom. The third-order valence-corrected chi connectivity index (χ3v) is 4.48. The first-order valence-electron chi connectivity index (χ1n) is 10.1. The number of carbonyl (C=O) groups is 1. The third-order valence-electron chi connectivity index (χ3n) is 4.48. The molecule has 0 radical (unpaired) electrons. The van der Waals surface area contributed by atoms with Gasteiger partial charge in [0.15, 0.2) is 5.96 Å². The zero-order valence-electron chi connectivity index (χ0n) is 18.0. The van der Waals surface area contributed by atoms with Gasteiger partial charge in [0, 0.05) is 26.7 Å². The van der Waals surface area contributed by atoms with Crippen LogP contribution in [0, 0.1) is 0 Å². The fraction of sp³-hybridized carbons (Fsp3) is 0.700. The summed E-state index contributed by atoms with van der Waals surface area (Å²) in [6.45, 7) is 9.39. The average molecular weight is 521 g/mol. The van der Waals surface area contributed by atoms with Crippen molar-refractivity contribution < 1.29 is 13.9 Å². The van der Waals surface area contributed by atoms with Crippen molar-refractivity contribution in [1.29, 1.82) is 0 Å². The SMILES string of the molecule is CN=C(NCCNC(=O)OC(C)(C)C)NCC(c1ccco1)N1CCCCC1.I. The van der Waals surface area contributed by atoms with Crippen LogP contribution in [0.3, 0.4) is 0 Å². The van der Waals surface area contributed by atoms with Gasteiger partial charge in [-0.3, -0.25) is 9.89 Å². The maximum atomic E-state index is 11.7. The van der Waals surface area contributed by atoms with Gasteiger partial charge in [-0.25, -0.2) is 4.79 Å². The van der Waals surface area contributed by atoms with Gasteiger partial charge in [0.1, 0.15) is 11.4 Å². The molecule has 29 heavy (non-hydrogen) atoms. The molecule has 0 spiro atoms. The fourth-order valence-corrected chi connectivity index (χ4v) is 3.19. The summed E-state index contributed by atoms with van der Waals surface area (Å²) < 4.78 is 10.9. The van der Waals surface area contributed by atoms with E-state index < -0.39 is 11.7 Å². The van der Waals surface area contributed by atoms with Gasteiger partial charge in [-0.05, 0) is 58.8 Å². The molecule has 1 aromatic rings. The van der Waals surface area contributed by atoms with Gasteiger partial charge in [0.2, 0.25) is 0 Å². The number of piperidine rings is 1. The molecule has 1 aliphatic rings. The first kappa shape index (κ1) is 25.5. The topological polar surface area (TPSA) is 91.1 Å². The molecule has 1 atom stereocenters. The fourth-order valence-electron chi connectivity index (χ4n) is 3.19. The summed E-state index contributed by atoms with van der Waals surface area (Å²) in [5, 5.41) is 9.31. The van der Waals surface area contributed by atoms with Crippen molar-refractivity contribution in [2.24, 2.45) is 4.99 Å². The minimum atomic E-state index is -0.496. The molecule has 2 heterocycles. The van der Waals surface area contributed by atoms with Crippen LogP contribution in [0.15, 0.2) is 27.8 Å². The highest BCUT2D eigenvalue weighted by Gasteiger charge is 2.24. The average Bonchev–Trinajstić information content (AvgIpc) is 3.17. The highest BCUT2D eigenvalue weighted by Crippen LogP contribution is 2.24. The Bertz CT molecular complexity index is 610. The molecule has 1 unspecified atom stereocenters. The summed E-state index contributed by atoms with van der Waals surface area (Å²) in [5.74, 6) is 1.66. The second kappa shape index (κ2) is 12.9. The Labute approximate surface area is 191 Å². The monoisotopic (exact) mass is 521 g/mol. The van der Waals surface area contributed by atoms with Gasteiger partial charge in [-0.2, -0.15) is 0 Å². The Kier molecular flexibility index (Phi) is 11.4. The smallest absolute Gasteiger partial charge is 0.407 e. The van der Waals surface area contributed by atoms with E-state index in [9.17, 15) is 4.79 Å². The van der Waals surface area contributed by atoms with Crippen LogP contribution in [0.5, 0.6) is 0 Å². The molecule has 9 heteroatoms. The van der Waals surface area contributed by atoms with Crippen LogP contribution in [-0.2, 0) is 4.74 Å². The van der Waals surface area contributed by atoms with E-state index in [4.69, 9.17) is 9.15 Å². The standard InChI is InChI=1S/C20H35N5O3.HI/c1-20(2,3)28-19(26)23-11-10-22-18(21-4)24-15-16(17-9-8-14-27-17)25-12-6-5-7-13-25;/h8-9,14,16H,5-7,10-13,15H2,1-4H3,(H,23,26)(H2,21,22,24);1H. The molecular formula is C20H36IN5O3. The van der Waals surface area contributed by atoms with Crippen LogP contribution in [0.25, 0.3) is 0 Å². The lowest BCUT2D eigenvalue weighted by Crippen LogP contribution is -2.46. The molecule has 166 valence electrons. The molecule has 0 aliphatic carbocycles. The van der Waals surface area contributed by atoms with E-state index in [0.717, 1.165) is 18.8 Å². The molecule has 1 amide bonds. The predicted octanol–water partition coefficient (Wildman–Crippen LogP) is 3.11. The molecule has 1 aliphatic heterocycles. The van der Waals surface area contributed by atoms with E-state index in [1.54, 1.807) is 13.3 Å². The highest BCUT2D eigenvalue weighted by atomic mass is 127. The maximum absolute atomic E-state index is 11.7. The Morgan fingerprint density at radius 2 is 1.90 bits per heavy atom. The minimum Gasteiger partial charge on any atom is -0.468 e. The second-order valence-electron chi connectivity index (χ2n) is 7.94. The summed E-state index contributed by atoms with van der Waals surface area (Å²) in [6, 6.07) is 4.14. The molecule has 0 saturated carbocycles. The second-order valence-corrected chi connectivity index (χ2v) is 7.94. The van der Waals surface area contributed by atoms with Crippen LogP contribution in [0.1, 0.15) is 51.8 Å². The van der Waals surface area contributed by atoms with Crippen LogP contribution < -0.4 is 16.0 Å². The number of furan rings is 1. The van der Waals surface area contributed by atoms with Crippen molar-refractivity contribution in [2.45, 2.75) is 51.7 Å². The number of amides is 1. The van der Waals surface area contributed by atoms with Crippen LogP contribution in [-0.4, -0.2) is 62.3 Å². The van der Waals surface area contributed by atoms with Gasteiger partial charge in [-0.1, -0.05) is 6.42 Å². The van der Waals surface area contributed by atoms with Crippen LogP contribution in [0.2, 0.25) is 0 Å². The Balaban J connectivity index is 0.00000420. The number of aliphatic imine (C=N–C) groups is 1. The number of hydrogen-bond acceptors (Lipinski definition) is 5. The number of guanidine groups is 1. The molecule has 2 rings (SSSR count). The number of likely N-dealkylation sites (tertiary alicyclic amines) is 1. The lowest BCUT2D eigenvalue weighted by molar-refractivity contribution is 0.0529. The van der Waals surface area contributed by atoms with Crippen molar-refractivity contribution in [2.75, 3.05) is 39.8 Å². The van der Waals surface area contributed by atoms with Gasteiger partial charge in [0.05, 0.1) is 12.3 Å². The van der Waals surface area contributed by atoms with Crippen molar-refractivity contribution in [3.63, 3.8) is 0 Å². The number of alkyl carbamates (subject to hydrolysis) is 1. The molecule has 0 aromatic carbocycles. The summed E-state index contributed by atoms with van der Waals surface area (Å²) in [5.41, 5.74) is -0.496. The van der Waals surface area contributed by atoms with E-state index in [2.05, 4.69) is 25.8 Å². The van der Waals surface area contributed by atoms with Gasteiger partial charge in [-0.15, -0.1) is 24.0 Å². The van der Waals surface area contributed by atoms with E-state index in [0.29, 0.717) is 25.6 Å². The van der Waals surface area contributed by atoms with Gasteiger partial charge in [0.25, 0.3) is 0 Å². The largest absolute Gasteiger partial charge is 0.468 e. The third kappa shape index (κ3) is 9.70. The number of halogens is 1. The van der Waals surface area contributed by atoms with Crippen LogP contribution >= 0.6 is 24.0 Å². The summed E-state index contributed by atoms with van der Waals surface area (Å²) >= 11 is 0. The molecular weight excluding hydrogens is 485 g/mol.